The van der Waals surface area contributed by atoms with Crippen molar-refractivity contribution in [2.45, 2.75) is 6.92 Å². The first kappa shape index (κ1) is 45.2. The van der Waals surface area contributed by atoms with Gasteiger partial charge in [-0.25, -0.2) is 0 Å². The SMILES string of the molecule is Cc1ccc(N(c2ccc(/C=C/C=C/c3ccccc3)cc2)c2ccc(/C=C/c3ccc(/C=C/c4ccc(N(c5ccccc5)c5ccc(/C=C/C=C/c6ccccc6)cc5)cc4)cc3)cc2)cc1. The molecule has 0 N–H and O–H groups in total. The molecule has 0 saturated carbocycles. The summed E-state index contributed by atoms with van der Waals surface area (Å²) in [5, 5.41) is 0. The molecule has 0 aliphatic rings. The fraction of sp³-hybridized carbons (Fsp3) is 0.0149. The molecule has 0 radical (unpaired) electrons. The molecule has 9 aromatic rings. The van der Waals surface area contributed by atoms with E-state index in [1.807, 2.05) is 12.1 Å². The van der Waals surface area contributed by atoms with Crippen molar-refractivity contribution in [3.63, 3.8) is 0 Å². The second-order valence-electron chi connectivity index (χ2n) is 16.8. The van der Waals surface area contributed by atoms with E-state index < -0.39 is 0 Å². The number of aryl methyl sites for hydroxylation is 1. The predicted octanol–water partition coefficient (Wildman–Crippen LogP) is 18.7. The molecule has 0 amide bonds. The lowest BCUT2D eigenvalue weighted by Crippen LogP contribution is -2.09. The summed E-state index contributed by atoms with van der Waals surface area (Å²) in [5.74, 6) is 0. The van der Waals surface area contributed by atoms with Gasteiger partial charge in [0.15, 0.2) is 0 Å². The molecule has 9 rings (SSSR count). The molecular formula is C67H54N2. The molecule has 2 heteroatoms. The maximum atomic E-state index is 2.31. The second-order valence-corrected chi connectivity index (χ2v) is 16.8. The summed E-state index contributed by atoms with van der Waals surface area (Å²) >= 11 is 0. The molecule has 69 heavy (non-hydrogen) atoms. The monoisotopic (exact) mass is 886 g/mol. The molecule has 2 nitrogen and oxygen atoms in total. The molecule has 0 heterocycles. The van der Waals surface area contributed by atoms with Gasteiger partial charge < -0.3 is 9.80 Å². The van der Waals surface area contributed by atoms with E-state index in [4.69, 9.17) is 0 Å². The van der Waals surface area contributed by atoms with Gasteiger partial charge in [0.25, 0.3) is 0 Å². The molecule has 0 unspecified atom stereocenters. The minimum absolute atomic E-state index is 1.10. The van der Waals surface area contributed by atoms with Crippen LogP contribution in [0.2, 0.25) is 0 Å². The first-order valence-corrected chi connectivity index (χ1v) is 23.5. The average molecular weight is 887 g/mol. The number of rotatable bonds is 16. The van der Waals surface area contributed by atoms with Gasteiger partial charge in [-0.1, -0.05) is 242 Å². The highest BCUT2D eigenvalue weighted by Crippen LogP contribution is 2.36. The second kappa shape index (κ2) is 23.0. The Morgan fingerprint density at radius 3 is 0.696 bits per heavy atom. The van der Waals surface area contributed by atoms with Crippen molar-refractivity contribution < 1.29 is 0 Å². The van der Waals surface area contributed by atoms with E-state index >= 15 is 0 Å². The molecule has 9 aromatic carbocycles. The van der Waals surface area contributed by atoms with E-state index in [2.05, 4.69) is 314 Å². The zero-order valence-corrected chi connectivity index (χ0v) is 38.8. The smallest absolute Gasteiger partial charge is 0.0462 e. The van der Waals surface area contributed by atoms with Crippen molar-refractivity contribution >= 4 is 82.7 Å². The summed E-state index contributed by atoms with van der Waals surface area (Å²) in [7, 11) is 0. The van der Waals surface area contributed by atoms with Gasteiger partial charge in [-0.15, -0.1) is 0 Å². The zero-order chi connectivity index (χ0) is 46.9. The van der Waals surface area contributed by atoms with Gasteiger partial charge in [-0.05, 0) is 124 Å². The number of benzene rings is 9. The van der Waals surface area contributed by atoms with E-state index in [1.54, 1.807) is 0 Å². The number of para-hydroxylation sites is 1. The van der Waals surface area contributed by atoms with Crippen LogP contribution in [0.25, 0.3) is 48.6 Å². The van der Waals surface area contributed by atoms with Crippen molar-refractivity contribution in [3.8, 4) is 0 Å². The number of hydrogen-bond acceptors (Lipinski definition) is 2. The van der Waals surface area contributed by atoms with E-state index in [9.17, 15) is 0 Å². The van der Waals surface area contributed by atoms with Crippen LogP contribution >= 0.6 is 0 Å². The summed E-state index contributed by atoms with van der Waals surface area (Å²) < 4.78 is 0. The molecule has 0 aromatic heterocycles. The van der Waals surface area contributed by atoms with Gasteiger partial charge in [0.2, 0.25) is 0 Å². The first-order valence-electron chi connectivity index (χ1n) is 23.5. The van der Waals surface area contributed by atoms with Crippen molar-refractivity contribution in [3.05, 3.63) is 311 Å². The van der Waals surface area contributed by atoms with E-state index in [-0.39, 0.29) is 0 Å². The van der Waals surface area contributed by atoms with Crippen LogP contribution in [0.1, 0.15) is 50.1 Å². The van der Waals surface area contributed by atoms with Crippen LogP contribution < -0.4 is 9.80 Å². The van der Waals surface area contributed by atoms with Crippen LogP contribution in [-0.2, 0) is 0 Å². The number of anilines is 6. The Bertz CT molecular complexity index is 3180. The molecule has 0 fully saturated rings. The molecule has 0 spiro atoms. The van der Waals surface area contributed by atoms with Crippen LogP contribution in [0, 0.1) is 6.92 Å². The van der Waals surface area contributed by atoms with E-state index in [0.717, 1.165) is 67.5 Å². The summed E-state index contributed by atoms with van der Waals surface area (Å²) in [6, 6.07) is 83.6. The topological polar surface area (TPSA) is 6.48 Å². The highest BCUT2D eigenvalue weighted by molar-refractivity contribution is 5.81. The molecule has 0 atom stereocenters. The highest BCUT2D eigenvalue weighted by Gasteiger charge is 2.13. The Morgan fingerprint density at radius 2 is 0.406 bits per heavy atom. The van der Waals surface area contributed by atoms with Crippen LogP contribution in [0.15, 0.2) is 261 Å². The maximum absolute atomic E-state index is 2.31. The van der Waals surface area contributed by atoms with Gasteiger partial charge in [-0.3, -0.25) is 0 Å². The predicted molar refractivity (Wildman–Crippen MR) is 300 cm³/mol. The third-order valence-corrected chi connectivity index (χ3v) is 11.8. The first-order chi connectivity index (χ1) is 34.1. The average Bonchev–Trinajstić information content (AvgIpc) is 3.41. The van der Waals surface area contributed by atoms with Crippen LogP contribution in [-0.4, -0.2) is 0 Å². The Labute approximate surface area is 408 Å². The zero-order valence-electron chi connectivity index (χ0n) is 38.8. The lowest BCUT2D eigenvalue weighted by atomic mass is 10.1. The van der Waals surface area contributed by atoms with E-state index in [1.165, 1.54) is 16.7 Å². The Balaban J connectivity index is 0.829. The molecule has 0 aliphatic heterocycles. The Hall–Kier alpha value is -8.98. The van der Waals surface area contributed by atoms with Crippen molar-refractivity contribution in [1.29, 1.82) is 0 Å². The highest BCUT2D eigenvalue weighted by atomic mass is 15.1. The standard InChI is InChI=1S/C67H54N2/c1-53-25-43-63(44-26-53)69(66-47-37-57(38-48-66)22-14-12-20-55-17-7-3-8-18-55)67-51-41-61(42-52-67)34-32-59-29-27-58(28-30-59)31-33-60-39-49-65(50-40-60)68(62-23-9-4-10-24-62)64-45-35-56(36-46-64)21-13-11-19-54-15-5-2-6-16-54/h2-52H,1H3/b19-11+,20-12+,21-13+,22-14+,33-31+,34-32+. The summed E-state index contributed by atoms with van der Waals surface area (Å²) in [6.07, 6.45) is 25.5. The van der Waals surface area contributed by atoms with Gasteiger partial charge in [0.05, 0.1) is 0 Å². The maximum Gasteiger partial charge on any atom is 0.0462 e. The summed E-state index contributed by atoms with van der Waals surface area (Å²) in [4.78, 5) is 4.60. The normalized spacial score (nSPS) is 11.8. The van der Waals surface area contributed by atoms with E-state index in [0.29, 0.717) is 0 Å². The van der Waals surface area contributed by atoms with Gasteiger partial charge in [0.1, 0.15) is 0 Å². The molecule has 0 saturated heterocycles. The summed E-state index contributed by atoms with van der Waals surface area (Å²) in [5.41, 5.74) is 17.1. The van der Waals surface area contributed by atoms with Gasteiger partial charge in [0, 0.05) is 34.1 Å². The third-order valence-electron chi connectivity index (χ3n) is 11.8. The van der Waals surface area contributed by atoms with Gasteiger partial charge >= 0.3 is 0 Å². The fourth-order valence-electron chi connectivity index (χ4n) is 8.00. The molecule has 332 valence electrons. The van der Waals surface area contributed by atoms with Crippen molar-refractivity contribution in [2.75, 3.05) is 9.80 Å². The Kier molecular flexibility index (Phi) is 15.0. The number of nitrogens with zero attached hydrogens (tertiary/aromatic N) is 2. The van der Waals surface area contributed by atoms with Crippen LogP contribution in [0.3, 0.4) is 0 Å². The number of allylic oxidation sites excluding steroid dienone is 4. The minimum atomic E-state index is 1.10. The minimum Gasteiger partial charge on any atom is -0.311 e. The fourth-order valence-corrected chi connectivity index (χ4v) is 8.00. The lowest BCUT2D eigenvalue weighted by Gasteiger charge is -2.26. The summed E-state index contributed by atoms with van der Waals surface area (Å²) in [6.45, 7) is 2.13. The van der Waals surface area contributed by atoms with Gasteiger partial charge in [-0.2, -0.15) is 0 Å². The quantitative estimate of drug-likeness (QED) is 0.0705. The molecule has 0 bridgehead atoms. The molecule has 0 aliphatic carbocycles. The lowest BCUT2D eigenvalue weighted by molar-refractivity contribution is 1.27. The van der Waals surface area contributed by atoms with Crippen molar-refractivity contribution in [1.82, 2.24) is 0 Å². The van der Waals surface area contributed by atoms with Crippen LogP contribution in [0.5, 0.6) is 0 Å². The number of hydrogen-bond donors (Lipinski definition) is 0. The molecular weight excluding hydrogens is 833 g/mol. The Morgan fingerprint density at radius 1 is 0.203 bits per heavy atom. The largest absolute Gasteiger partial charge is 0.311 e. The van der Waals surface area contributed by atoms with Crippen molar-refractivity contribution in [2.24, 2.45) is 0 Å². The van der Waals surface area contributed by atoms with Crippen LogP contribution in [0.4, 0.5) is 34.1 Å². The third kappa shape index (κ3) is 12.7.